The Labute approximate surface area is 91.5 Å². The lowest BCUT2D eigenvalue weighted by Crippen LogP contribution is -2.25. The Balaban J connectivity index is 2.40. The van der Waals surface area contributed by atoms with Gasteiger partial charge in [0.05, 0.1) is 0 Å². The smallest absolute Gasteiger partial charge is 0.0412 e. The van der Waals surface area contributed by atoms with Crippen molar-refractivity contribution in [3.8, 4) is 0 Å². The first-order chi connectivity index (χ1) is 6.77. The molecule has 1 N–H and O–H groups in total. The molecule has 0 saturated heterocycles. The fraction of sp³-hybridized carbons (Fsp3) is 0.667. The van der Waals surface area contributed by atoms with E-state index in [1.807, 2.05) is 11.3 Å². The molecule has 1 aromatic heterocycles. The summed E-state index contributed by atoms with van der Waals surface area (Å²) in [5, 5.41) is 5.79. The molecule has 80 valence electrons. The van der Waals surface area contributed by atoms with E-state index in [9.17, 15) is 0 Å². The number of rotatable bonds is 6. The third-order valence-electron chi connectivity index (χ3n) is 2.70. The van der Waals surface area contributed by atoms with E-state index in [0.717, 1.165) is 12.5 Å². The summed E-state index contributed by atoms with van der Waals surface area (Å²) < 4.78 is 0. The highest BCUT2D eigenvalue weighted by Gasteiger charge is 2.10. The van der Waals surface area contributed by atoms with E-state index in [1.54, 1.807) is 0 Å². The van der Waals surface area contributed by atoms with Crippen molar-refractivity contribution in [3.05, 3.63) is 22.4 Å². The quantitative estimate of drug-likeness (QED) is 0.754. The van der Waals surface area contributed by atoms with Gasteiger partial charge in [0.15, 0.2) is 0 Å². The van der Waals surface area contributed by atoms with Crippen LogP contribution in [-0.2, 0) is 0 Å². The van der Waals surface area contributed by atoms with Crippen molar-refractivity contribution >= 4 is 11.3 Å². The molecule has 2 heteroatoms. The molecular formula is C12H21NS. The van der Waals surface area contributed by atoms with Crippen molar-refractivity contribution in [2.24, 2.45) is 5.92 Å². The normalized spacial score (nSPS) is 15.4. The molecule has 1 heterocycles. The fourth-order valence-corrected chi connectivity index (χ4v) is 2.31. The molecule has 1 nitrogen and oxygen atoms in total. The van der Waals surface area contributed by atoms with Crippen LogP contribution in [0.4, 0.5) is 0 Å². The Bertz CT molecular complexity index is 230. The van der Waals surface area contributed by atoms with Crippen LogP contribution >= 0.6 is 11.3 Å². The molecule has 0 aromatic carbocycles. The van der Waals surface area contributed by atoms with Gasteiger partial charge < -0.3 is 5.32 Å². The average Bonchev–Trinajstić information content (AvgIpc) is 2.72. The van der Waals surface area contributed by atoms with Gasteiger partial charge in [0.1, 0.15) is 0 Å². The van der Waals surface area contributed by atoms with Crippen LogP contribution in [0.5, 0.6) is 0 Å². The molecular weight excluding hydrogens is 190 g/mol. The predicted molar refractivity (Wildman–Crippen MR) is 64.8 cm³/mol. The summed E-state index contributed by atoms with van der Waals surface area (Å²) in [5.74, 6) is 0.781. The van der Waals surface area contributed by atoms with Gasteiger partial charge in [-0.1, -0.05) is 33.3 Å². The molecule has 1 aromatic rings. The van der Waals surface area contributed by atoms with Gasteiger partial charge in [-0.15, -0.1) is 11.3 Å². The molecule has 14 heavy (non-hydrogen) atoms. The standard InChI is InChI=1S/C12H21NS/c1-4-10(3)9-13-11(5-2)12-7-6-8-14-12/h6-8,10-11,13H,4-5,9H2,1-3H3. The summed E-state index contributed by atoms with van der Waals surface area (Å²) in [4.78, 5) is 1.47. The first-order valence-electron chi connectivity index (χ1n) is 5.54. The molecule has 0 amide bonds. The van der Waals surface area contributed by atoms with Crippen molar-refractivity contribution in [2.45, 2.75) is 39.7 Å². The largest absolute Gasteiger partial charge is 0.309 e. The molecule has 0 fully saturated rings. The first kappa shape index (κ1) is 11.7. The molecule has 2 atom stereocenters. The summed E-state index contributed by atoms with van der Waals surface area (Å²) in [5.41, 5.74) is 0. The van der Waals surface area contributed by atoms with E-state index < -0.39 is 0 Å². The van der Waals surface area contributed by atoms with Crippen LogP contribution in [-0.4, -0.2) is 6.54 Å². The zero-order chi connectivity index (χ0) is 10.4. The minimum atomic E-state index is 0.559. The zero-order valence-corrected chi connectivity index (χ0v) is 10.2. The highest BCUT2D eigenvalue weighted by atomic mass is 32.1. The molecule has 1 rings (SSSR count). The van der Waals surface area contributed by atoms with E-state index >= 15 is 0 Å². The average molecular weight is 211 g/mol. The highest BCUT2D eigenvalue weighted by Crippen LogP contribution is 2.21. The van der Waals surface area contributed by atoms with Gasteiger partial charge in [-0.25, -0.2) is 0 Å². The van der Waals surface area contributed by atoms with Gasteiger partial charge in [-0.3, -0.25) is 0 Å². The maximum atomic E-state index is 3.63. The lowest BCUT2D eigenvalue weighted by molar-refractivity contribution is 0.441. The third-order valence-corrected chi connectivity index (χ3v) is 3.69. The summed E-state index contributed by atoms with van der Waals surface area (Å²) in [6, 6.07) is 4.92. The van der Waals surface area contributed by atoms with Crippen molar-refractivity contribution in [2.75, 3.05) is 6.54 Å². The first-order valence-corrected chi connectivity index (χ1v) is 6.42. The van der Waals surface area contributed by atoms with Gasteiger partial charge in [-0.2, -0.15) is 0 Å². The minimum Gasteiger partial charge on any atom is -0.309 e. The lowest BCUT2D eigenvalue weighted by atomic mass is 10.1. The predicted octanol–water partition coefficient (Wildman–Crippen LogP) is 3.83. The Morgan fingerprint density at radius 1 is 1.36 bits per heavy atom. The van der Waals surface area contributed by atoms with E-state index in [2.05, 4.69) is 43.6 Å². The highest BCUT2D eigenvalue weighted by molar-refractivity contribution is 7.10. The second-order valence-corrected chi connectivity index (χ2v) is 4.88. The summed E-state index contributed by atoms with van der Waals surface area (Å²) in [6.45, 7) is 7.92. The van der Waals surface area contributed by atoms with E-state index in [1.165, 1.54) is 17.7 Å². The minimum absolute atomic E-state index is 0.559. The van der Waals surface area contributed by atoms with E-state index in [4.69, 9.17) is 0 Å². The molecule has 0 aliphatic carbocycles. The van der Waals surface area contributed by atoms with Crippen LogP contribution in [0, 0.1) is 5.92 Å². The Kier molecular flexibility index (Phi) is 5.20. The van der Waals surface area contributed by atoms with Crippen LogP contribution in [0.3, 0.4) is 0 Å². The maximum absolute atomic E-state index is 3.63. The zero-order valence-electron chi connectivity index (χ0n) is 9.42. The van der Waals surface area contributed by atoms with Crippen molar-refractivity contribution in [1.82, 2.24) is 5.32 Å². The van der Waals surface area contributed by atoms with Crippen LogP contribution in [0.1, 0.15) is 44.5 Å². The number of hydrogen-bond acceptors (Lipinski definition) is 2. The summed E-state index contributed by atoms with van der Waals surface area (Å²) in [6.07, 6.45) is 2.44. The SMILES string of the molecule is CCC(C)CNC(CC)c1cccs1. The summed E-state index contributed by atoms with van der Waals surface area (Å²) in [7, 11) is 0. The van der Waals surface area contributed by atoms with Gasteiger partial charge in [0, 0.05) is 10.9 Å². The molecule has 0 radical (unpaired) electrons. The van der Waals surface area contributed by atoms with Crippen molar-refractivity contribution in [1.29, 1.82) is 0 Å². The van der Waals surface area contributed by atoms with Gasteiger partial charge in [-0.05, 0) is 30.3 Å². The second-order valence-electron chi connectivity index (χ2n) is 3.90. The molecule has 2 unspecified atom stereocenters. The maximum Gasteiger partial charge on any atom is 0.0412 e. The number of thiophene rings is 1. The van der Waals surface area contributed by atoms with Crippen LogP contribution in [0.2, 0.25) is 0 Å². The number of hydrogen-bond donors (Lipinski definition) is 1. The fourth-order valence-electron chi connectivity index (χ4n) is 1.42. The third kappa shape index (κ3) is 3.43. The Hall–Kier alpha value is -0.340. The van der Waals surface area contributed by atoms with Crippen LogP contribution < -0.4 is 5.32 Å². The monoisotopic (exact) mass is 211 g/mol. The van der Waals surface area contributed by atoms with E-state index in [-0.39, 0.29) is 0 Å². The molecule has 0 aliphatic rings. The molecule has 0 aliphatic heterocycles. The Morgan fingerprint density at radius 2 is 2.14 bits per heavy atom. The van der Waals surface area contributed by atoms with E-state index in [0.29, 0.717) is 6.04 Å². The topological polar surface area (TPSA) is 12.0 Å². The van der Waals surface area contributed by atoms with Crippen molar-refractivity contribution in [3.63, 3.8) is 0 Å². The molecule has 0 bridgehead atoms. The van der Waals surface area contributed by atoms with Gasteiger partial charge in [0.2, 0.25) is 0 Å². The van der Waals surface area contributed by atoms with Crippen LogP contribution in [0.15, 0.2) is 17.5 Å². The second kappa shape index (κ2) is 6.20. The Morgan fingerprint density at radius 3 is 2.64 bits per heavy atom. The summed E-state index contributed by atoms with van der Waals surface area (Å²) >= 11 is 1.85. The molecule has 0 saturated carbocycles. The number of nitrogens with one attached hydrogen (secondary N) is 1. The van der Waals surface area contributed by atoms with Gasteiger partial charge >= 0.3 is 0 Å². The lowest BCUT2D eigenvalue weighted by Gasteiger charge is -2.18. The van der Waals surface area contributed by atoms with Gasteiger partial charge in [0.25, 0.3) is 0 Å². The molecule has 0 spiro atoms. The van der Waals surface area contributed by atoms with Crippen LogP contribution in [0.25, 0.3) is 0 Å². The van der Waals surface area contributed by atoms with Crippen molar-refractivity contribution < 1.29 is 0 Å².